The van der Waals surface area contributed by atoms with Crippen LogP contribution in [0.3, 0.4) is 0 Å². The molecule has 0 aromatic heterocycles. The summed E-state index contributed by atoms with van der Waals surface area (Å²) in [5.41, 5.74) is 1.23. The first-order valence-corrected chi connectivity index (χ1v) is 3.17. The Hall–Kier alpha value is -1.24. The predicted octanol–water partition coefficient (Wildman–Crippen LogP) is 2.52. The van der Waals surface area contributed by atoms with Gasteiger partial charge in [0, 0.05) is 0 Å². The smallest absolute Gasteiger partial charge is 0.126 e. The van der Waals surface area contributed by atoms with Gasteiger partial charge in [0.05, 0.1) is 6.26 Å². The van der Waals surface area contributed by atoms with E-state index in [0.717, 1.165) is 5.75 Å². The molecular weight excluding hydrogens is 124 g/mol. The molecule has 0 radical (unpaired) electrons. The van der Waals surface area contributed by atoms with E-state index in [1.165, 1.54) is 11.8 Å². The van der Waals surface area contributed by atoms with Crippen molar-refractivity contribution in [2.45, 2.75) is 6.92 Å². The summed E-state index contributed by atoms with van der Waals surface area (Å²) in [6.07, 6.45) is 1.42. The Morgan fingerprint density at radius 1 is 1.30 bits per heavy atom. The van der Waals surface area contributed by atoms with Crippen LogP contribution in [0.4, 0.5) is 0 Å². The zero-order valence-corrected chi connectivity index (χ0v) is 6.00. The summed E-state index contributed by atoms with van der Waals surface area (Å²) < 4.78 is 5.02. The van der Waals surface area contributed by atoms with Crippen molar-refractivity contribution in [3.05, 3.63) is 42.7 Å². The van der Waals surface area contributed by atoms with Crippen molar-refractivity contribution in [1.29, 1.82) is 0 Å². The molecule has 1 rings (SSSR count). The molecule has 1 nitrogen and oxygen atoms in total. The molecule has 1 heteroatoms. The van der Waals surface area contributed by atoms with Gasteiger partial charge < -0.3 is 4.74 Å². The van der Waals surface area contributed by atoms with E-state index in [-0.39, 0.29) is 0 Å². The van der Waals surface area contributed by atoms with E-state index < -0.39 is 0 Å². The fraction of sp³-hybridized carbons (Fsp3) is 0.111. The highest BCUT2D eigenvalue weighted by molar-refractivity contribution is 5.26. The van der Waals surface area contributed by atoms with E-state index in [0.29, 0.717) is 0 Å². The lowest BCUT2D eigenvalue weighted by atomic mass is 10.2. The molecule has 0 saturated heterocycles. The summed E-state index contributed by atoms with van der Waals surface area (Å²) >= 11 is 0. The topological polar surface area (TPSA) is 9.23 Å². The Balaban J connectivity index is 2.78. The fourth-order valence-electron chi connectivity index (χ4n) is 0.713. The zero-order chi connectivity index (χ0) is 7.40. The fourth-order valence-corrected chi connectivity index (χ4v) is 0.713. The average molecular weight is 134 g/mol. The Kier molecular flexibility index (Phi) is 2.11. The molecular formula is C9H10O. The largest absolute Gasteiger partial charge is 0.466 e. The quantitative estimate of drug-likeness (QED) is 0.565. The van der Waals surface area contributed by atoms with Gasteiger partial charge in [-0.3, -0.25) is 0 Å². The van der Waals surface area contributed by atoms with E-state index in [9.17, 15) is 0 Å². The highest BCUT2D eigenvalue weighted by atomic mass is 16.5. The maximum atomic E-state index is 5.02. The van der Waals surface area contributed by atoms with E-state index in [1.54, 1.807) is 0 Å². The van der Waals surface area contributed by atoms with Crippen LogP contribution in [0.5, 0.6) is 5.75 Å². The minimum atomic E-state index is 0.834. The summed E-state index contributed by atoms with van der Waals surface area (Å²) in [4.78, 5) is 0. The average Bonchev–Trinajstić information content (AvgIpc) is 1.95. The normalized spacial score (nSPS) is 8.90. The Labute approximate surface area is 61.0 Å². The first kappa shape index (κ1) is 6.87. The number of hydrogen-bond donors (Lipinski definition) is 0. The summed E-state index contributed by atoms with van der Waals surface area (Å²) in [7, 11) is 0. The molecule has 1 aromatic carbocycles. The summed E-state index contributed by atoms with van der Waals surface area (Å²) in [5, 5.41) is 0. The molecule has 0 heterocycles. The standard InChI is InChI=1S/C9H10O/c1-3-10-9-6-4-8(2)5-7-9/h3-7H,1H2,2H3. The van der Waals surface area contributed by atoms with Crippen LogP contribution in [-0.4, -0.2) is 0 Å². The van der Waals surface area contributed by atoms with Gasteiger partial charge in [-0.1, -0.05) is 24.3 Å². The van der Waals surface area contributed by atoms with Gasteiger partial charge >= 0.3 is 0 Å². The molecule has 0 saturated carbocycles. The molecule has 0 aliphatic carbocycles. The van der Waals surface area contributed by atoms with E-state index in [1.807, 2.05) is 31.2 Å². The third-order valence-corrected chi connectivity index (χ3v) is 1.24. The van der Waals surface area contributed by atoms with E-state index >= 15 is 0 Å². The molecule has 0 unspecified atom stereocenters. The second kappa shape index (κ2) is 3.06. The third-order valence-electron chi connectivity index (χ3n) is 1.24. The maximum absolute atomic E-state index is 5.02. The molecule has 10 heavy (non-hydrogen) atoms. The van der Waals surface area contributed by atoms with Crippen LogP contribution in [0.25, 0.3) is 0 Å². The second-order valence-corrected chi connectivity index (χ2v) is 2.10. The van der Waals surface area contributed by atoms with Crippen molar-refractivity contribution >= 4 is 0 Å². The highest BCUT2D eigenvalue weighted by Gasteiger charge is 1.86. The van der Waals surface area contributed by atoms with Gasteiger partial charge in [0.15, 0.2) is 0 Å². The highest BCUT2D eigenvalue weighted by Crippen LogP contribution is 2.10. The number of aryl methyl sites for hydroxylation is 1. The third kappa shape index (κ3) is 1.62. The van der Waals surface area contributed by atoms with Crippen molar-refractivity contribution in [3.8, 4) is 5.75 Å². The first-order chi connectivity index (χ1) is 4.83. The van der Waals surface area contributed by atoms with Crippen LogP contribution < -0.4 is 4.74 Å². The predicted molar refractivity (Wildman–Crippen MR) is 42.0 cm³/mol. The van der Waals surface area contributed by atoms with E-state index in [4.69, 9.17) is 4.74 Å². The number of benzene rings is 1. The van der Waals surface area contributed by atoms with Crippen molar-refractivity contribution in [3.63, 3.8) is 0 Å². The molecule has 0 amide bonds. The number of ether oxygens (including phenoxy) is 1. The van der Waals surface area contributed by atoms with Gasteiger partial charge in [-0.15, -0.1) is 0 Å². The zero-order valence-electron chi connectivity index (χ0n) is 6.00. The molecule has 0 bridgehead atoms. The second-order valence-electron chi connectivity index (χ2n) is 2.10. The molecule has 0 fully saturated rings. The van der Waals surface area contributed by atoms with Gasteiger partial charge in [0.2, 0.25) is 0 Å². The van der Waals surface area contributed by atoms with Crippen molar-refractivity contribution in [2.75, 3.05) is 0 Å². The van der Waals surface area contributed by atoms with Gasteiger partial charge in [-0.2, -0.15) is 0 Å². The van der Waals surface area contributed by atoms with Gasteiger partial charge in [-0.25, -0.2) is 0 Å². The van der Waals surface area contributed by atoms with Crippen molar-refractivity contribution in [1.82, 2.24) is 0 Å². The number of rotatable bonds is 2. The first-order valence-electron chi connectivity index (χ1n) is 3.17. The molecule has 0 atom stereocenters. The Bertz CT molecular complexity index is 211. The molecule has 0 aliphatic heterocycles. The summed E-state index contributed by atoms with van der Waals surface area (Å²) in [6.45, 7) is 5.50. The SMILES string of the molecule is C=COc1ccc(C)cc1. The van der Waals surface area contributed by atoms with Crippen molar-refractivity contribution < 1.29 is 4.74 Å². The lowest BCUT2D eigenvalue weighted by Gasteiger charge is -1.97. The van der Waals surface area contributed by atoms with Crippen molar-refractivity contribution in [2.24, 2.45) is 0 Å². The molecule has 0 aliphatic rings. The maximum Gasteiger partial charge on any atom is 0.126 e. The minimum absolute atomic E-state index is 0.834. The summed E-state index contributed by atoms with van der Waals surface area (Å²) in [5.74, 6) is 0.834. The lowest BCUT2D eigenvalue weighted by Crippen LogP contribution is -1.79. The molecule has 1 aromatic rings. The van der Waals surface area contributed by atoms with Crippen LogP contribution in [0.1, 0.15) is 5.56 Å². The minimum Gasteiger partial charge on any atom is -0.466 e. The van der Waals surface area contributed by atoms with Crippen LogP contribution >= 0.6 is 0 Å². The molecule has 52 valence electrons. The van der Waals surface area contributed by atoms with Gasteiger partial charge in [0.1, 0.15) is 5.75 Å². The Morgan fingerprint density at radius 3 is 2.40 bits per heavy atom. The lowest BCUT2D eigenvalue weighted by molar-refractivity contribution is 0.483. The van der Waals surface area contributed by atoms with Crippen LogP contribution in [0, 0.1) is 6.92 Å². The number of hydrogen-bond acceptors (Lipinski definition) is 1. The van der Waals surface area contributed by atoms with Gasteiger partial charge in [0.25, 0.3) is 0 Å². The van der Waals surface area contributed by atoms with Crippen LogP contribution in [0.15, 0.2) is 37.1 Å². The summed E-state index contributed by atoms with van der Waals surface area (Å²) in [6, 6.07) is 7.83. The molecule has 0 N–H and O–H groups in total. The van der Waals surface area contributed by atoms with Gasteiger partial charge in [-0.05, 0) is 19.1 Å². The molecule has 0 spiro atoms. The Morgan fingerprint density at radius 2 is 1.90 bits per heavy atom. The van der Waals surface area contributed by atoms with E-state index in [2.05, 4.69) is 6.58 Å². The van der Waals surface area contributed by atoms with Crippen LogP contribution in [-0.2, 0) is 0 Å². The monoisotopic (exact) mass is 134 g/mol. The van der Waals surface area contributed by atoms with Crippen LogP contribution in [0.2, 0.25) is 0 Å².